The normalized spacial score (nSPS) is 11.3. The maximum absolute atomic E-state index is 13.9. The van der Waals surface area contributed by atoms with Crippen LogP contribution in [0, 0.1) is 5.82 Å². The summed E-state index contributed by atoms with van der Waals surface area (Å²) in [6.07, 6.45) is 3.78. The second-order valence-corrected chi connectivity index (χ2v) is 7.70. The van der Waals surface area contributed by atoms with E-state index in [1.54, 1.807) is 41.3 Å². The Labute approximate surface area is 182 Å². The summed E-state index contributed by atoms with van der Waals surface area (Å²) in [7, 11) is 0. The number of aromatic nitrogens is 2. The van der Waals surface area contributed by atoms with Crippen molar-refractivity contribution in [2.24, 2.45) is 0 Å². The molecule has 0 atom stereocenters. The molecule has 158 valence electrons. The smallest absolute Gasteiger partial charge is 0.257 e. The van der Waals surface area contributed by atoms with Gasteiger partial charge >= 0.3 is 0 Å². The molecule has 0 aliphatic carbocycles. The number of hydrogen-bond acceptors (Lipinski definition) is 6. The molecule has 0 aliphatic heterocycles. The minimum Gasteiger partial charge on any atom is -0.457 e. The first-order chi connectivity index (χ1) is 15.1. The number of halogens is 1. The number of furan rings is 1. The van der Waals surface area contributed by atoms with Crippen LogP contribution in [-0.4, -0.2) is 27.5 Å². The predicted molar refractivity (Wildman–Crippen MR) is 116 cm³/mol. The molecule has 0 N–H and O–H groups in total. The molecule has 0 unspecified atom stereocenters. The quantitative estimate of drug-likeness (QED) is 0.333. The number of rotatable bonds is 8. The number of thiophene rings is 1. The Morgan fingerprint density at radius 2 is 2.00 bits per heavy atom. The van der Waals surface area contributed by atoms with Gasteiger partial charge in [-0.25, -0.2) is 4.39 Å². The first-order valence-electron chi connectivity index (χ1n) is 9.82. The molecule has 0 fully saturated rings. The molecule has 1 amide bonds. The lowest BCUT2D eigenvalue weighted by molar-refractivity contribution is -0.126. The van der Waals surface area contributed by atoms with Gasteiger partial charge in [0.25, 0.3) is 5.89 Å². The molecule has 31 heavy (non-hydrogen) atoms. The molecule has 0 bridgehead atoms. The Balaban J connectivity index is 1.44. The molecular weight excluding hydrogens is 417 g/mol. The van der Waals surface area contributed by atoms with Crippen LogP contribution in [0.3, 0.4) is 0 Å². The molecule has 4 aromatic rings. The summed E-state index contributed by atoms with van der Waals surface area (Å²) in [5, 5.41) is 10.0. The fourth-order valence-electron chi connectivity index (χ4n) is 3.02. The predicted octanol–water partition coefficient (Wildman–Crippen LogP) is 5.65. The number of nitrogens with zero attached hydrogens (tertiary/aromatic N) is 3. The van der Waals surface area contributed by atoms with Crippen molar-refractivity contribution in [3.63, 3.8) is 0 Å². The van der Waals surface area contributed by atoms with Gasteiger partial charge in [-0.15, -0.1) is 21.5 Å². The van der Waals surface area contributed by atoms with Gasteiger partial charge < -0.3 is 13.7 Å². The molecule has 4 rings (SSSR count). The van der Waals surface area contributed by atoms with Crippen molar-refractivity contribution in [1.82, 2.24) is 15.1 Å². The van der Waals surface area contributed by atoms with Crippen LogP contribution in [0.1, 0.15) is 25.0 Å². The van der Waals surface area contributed by atoms with Crippen molar-refractivity contribution in [2.45, 2.75) is 19.9 Å². The summed E-state index contributed by atoms with van der Waals surface area (Å²) in [6.45, 7) is 2.74. The number of hydrogen-bond donors (Lipinski definition) is 0. The topological polar surface area (TPSA) is 72.4 Å². The molecule has 0 aliphatic rings. The third-order valence-corrected chi connectivity index (χ3v) is 5.34. The van der Waals surface area contributed by atoms with Crippen molar-refractivity contribution in [3.8, 4) is 22.1 Å². The highest BCUT2D eigenvalue weighted by Gasteiger charge is 2.16. The van der Waals surface area contributed by atoms with Gasteiger partial charge in [0.1, 0.15) is 17.3 Å². The zero-order valence-corrected chi connectivity index (χ0v) is 17.6. The van der Waals surface area contributed by atoms with E-state index in [1.807, 2.05) is 24.4 Å². The molecule has 6 nitrogen and oxygen atoms in total. The van der Waals surface area contributed by atoms with Crippen LogP contribution in [-0.2, 0) is 11.3 Å². The molecular formula is C23H20FN3O3S. The second-order valence-electron chi connectivity index (χ2n) is 6.75. The van der Waals surface area contributed by atoms with E-state index in [0.29, 0.717) is 35.4 Å². The van der Waals surface area contributed by atoms with E-state index in [0.717, 1.165) is 11.3 Å². The van der Waals surface area contributed by atoms with E-state index < -0.39 is 0 Å². The summed E-state index contributed by atoms with van der Waals surface area (Å²) in [6, 6.07) is 13.6. The van der Waals surface area contributed by atoms with Gasteiger partial charge in [0, 0.05) is 12.6 Å². The van der Waals surface area contributed by atoms with Crippen molar-refractivity contribution in [2.75, 3.05) is 6.54 Å². The maximum Gasteiger partial charge on any atom is 0.257 e. The summed E-state index contributed by atoms with van der Waals surface area (Å²) in [5.41, 5.74) is 0.374. The van der Waals surface area contributed by atoms with Gasteiger partial charge in [0.15, 0.2) is 0 Å². The van der Waals surface area contributed by atoms with Crippen molar-refractivity contribution in [3.05, 3.63) is 77.5 Å². The van der Waals surface area contributed by atoms with E-state index in [-0.39, 0.29) is 18.3 Å². The minimum atomic E-state index is -0.362. The highest BCUT2D eigenvalue weighted by molar-refractivity contribution is 7.13. The summed E-state index contributed by atoms with van der Waals surface area (Å²) < 4.78 is 25.3. The Morgan fingerprint density at radius 3 is 2.77 bits per heavy atom. The molecule has 1 aromatic carbocycles. The summed E-state index contributed by atoms with van der Waals surface area (Å²) in [4.78, 5) is 15.2. The molecule has 3 heterocycles. The van der Waals surface area contributed by atoms with Gasteiger partial charge in [-0.05, 0) is 48.2 Å². The van der Waals surface area contributed by atoms with Crippen molar-refractivity contribution in [1.29, 1.82) is 0 Å². The number of benzene rings is 1. The monoisotopic (exact) mass is 437 g/mol. The number of carbonyl (C=O) groups excluding carboxylic acids is 1. The third kappa shape index (κ3) is 4.97. The molecule has 0 radical (unpaired) electrons. The molecule has 0 saturated heterocycles. The number of carbonyl (C=O) groups is 1. The lowest BCUT2D eigenvalue weighted by atomic mass is 10.1. The van der Waals surface area contributed by atoms with Gasteiger partial charge in [-0.3, -0.25) is 4.79 Å². The Bertz CT molecular complexity index is 1180. The van der Waals surface area contributed by atoms with E-state index >= 15 is 0 Å². The maximum atomic E-state index is 13.9. The lowest BCUT2D eigenvalue weighted by Crippen LogP contribution is -2.29. The highest BCUT2D eigenvalue weighted by atomic mass is 32.1. The van der Waals surface area contributed by atoms with E-state index in [4.69, 9.17) is 8.83 Å². The highest BCUT2D eigenvalue weighted by Crippen LogP contribution is 2.26. The Morgan fingerprint density at radius 1 is 1.13 bits per heavy atom. The minimum absolute atomic E-state index is 0.207. The molecule has 0 spiro atoms. The van der Waals surface area contributed by atoms with Crippen molar-refractivity contribution < 1.29 is 18.0 Å². The lowest BCUT2D eigenvalue weighted by Gasteiger charge is -2.18. The summed E-state index contributed by atoms with van der Waals surface area (Å²) in [5.74, 6) is 1.11. The fourth-order valence-corrected chi connectivity index (χ4v) is 3.67. The van der Waals surface area contributed by atoms with Crippen LogP contribution in [0.2, 0.25) is 0 Å². The Kier molecular flexibility index (Phi) is 6.37. The fraction of sp³-hybridized carbons (Fsp3) is 0.174. The van der Waals surface area contributed by atoms with Gasteiger partial charge in [0.2, 0.25) is 11.8 Å². The Hall–Kier alpha value is -3.52. The zero-order chi connectivity index (χ0) is 21.6. The van der Waals surface area contributed by atoms with Crippen LogP contribution in [0.25, 0.3) is 28.2 Å². The molecule has 0 saturated carbocycles. The molecule has 8 heteroatoms. The van der Waals surface area contributed by atoms with Crippen LogP contribution in [0.15, 0.2) is 68.8 Å². The van der Waals surface area contributed by atoms with Crippen LogP contribution in [0.5, 0.6) is 0 Å². The van der Waals surface area contributed by atoms with Gasteiger partial charge in [-0.2, -0.15) is 0 Å². The average molecular weight is 437 g/mol. The van der Waals surface area contributed by atoms with E-state index in [2.05, 4.69) is 10.2 Å². The first kappa shape index (κ1) is 20.7. The largest absolute Gasteiger partial charge is 0.457 e. The number of amides is 1. The van der Waals surface area contributed by atoms with E-state index in [9.17, 15) is 9.18 Å². The average Bonchev–Trinajstić information content (AvgIpc) is 3.53. The van der Waals surface area contributed by atoms with Crippen LogP contribution < -0.4 is 0 Å². The standard InChI is InChI=1S/C23H20FN3O3S/c1-2-13-27(15-21-25-26-23(30-21)20-8-5-14-31-20)22(28)12-10-16-9-11-19(29-16)17-6-3-4-7-18(17)24/h3-12,14H,2,13,15H2,1H3. The first-order valence-corrected chi connectivity index (χ1v) is 10.7. The SMILES string of the molecule is CCCN(Cc1nnc(-c2cccs2)o1)C(=O)C=Cc1ccc(-c2ccccc2F)o1. The van der Waals surface area contributed by atoms with Crippen molar-refractivity contribution >= 4 is 23.3 Å². The van der Waals surface area contributed by atoms with Crippen LogP contribution in [0.4, 0.5) is 4.39 Å². The van der Waals surface area contributed by atoms with E-state index in [1.165, 1.54) is 23.5 Å². The zero-order valence-electron chi connectivity index (χ0n) is 16.8. The summed E-state index contributed by atoms with van der Waals surface area (Å²) >= 11 is 1.51. The third-order valence-electron chi connectivity index (χ3n) is 4.49. The molecule has 3 aromatic heterocycles. The van der Waals surface area contributed by atoms with Gasteiger partial charge in [0.05, 0.1) is 17.0 Å². The second kappa shape index (κ2) is 9.53. The van der Waals surface area contributed by atoms with Gasteiger partial charge in [-0.1, -0.05) is 25.1 Å². The van der Waals surface area contributed by atoms with Crippen LogP contribution >= 0.6 is 11.3 Å².